The molecule has 148 valence electrons. The van der Waals surface area contributed by atoms with Crippen molar-refractivity contribution < 1.29 is 17.9 Å². The van der Waals surface area contributed by atoms with Crippen LogP contribution in [0.25, 0.3) is 10.2 Å². The number of carbonyl (C=O) groups is 1. The van der Waals surface area contributed by atoms with Crippen LogP contribution in [0.4, 0.5) is 0 Å². The average Bonchev–Trinajstić information content (AvgIpc) is 2.99. The molecule has 8 heteroatoms. The Labute approximate surface area is 168 Å². The van der Waals surface area contributed by atoms with Gasteiger partial charge in [-0.15, -0.1) is 0 Å². The van der Waals surface area contributed by atoms with Crippen LogP contribution in [0.15, 0.2) is 52.4 Å². The molecule has 0 fully saturated rings. The number of carbonyl (C=O) groups excluding carboxylic acids is 1. The maximum Gasteiger partial charge on any atom is 0.263 e. The van der Waals surface area contributed by atoms with Crippen LogP contribution in [-0.4, -0.2) is 31.8 Å². The second kappa shape index (κ2) is 8.28. The number of hydrogen-bond donors (Lipinski definition) is 0. The first-order valence-corrected chi connectivity index (χ1v) is 11.4. The Balaban J connectivity index is 2.00. The van der Waals surface area contributed by atoms with E-state index in [1.54, 1.807) is 19.2 Å². The highest BCUT2D eigenvalue weighted by Gasteiger charge is 2.20. The molecule has 2 aromatic carbocycles. The molecule has 3 rings (SSSR count). The molecule has 6 nitrogen and oxygen atoms in total. The lowest BCUT2D eigenvalue weighted by Gasteiger charge is -2.07. The topological polar surface area (TPSA) is 77.7 Å². The predicted molar refractivity (Wildman–Crippen MR) is 110 cm³/mol. The minimum Gasteiger partial charge on any atom is -0.495 e. The first-order chi connectivity index (χ1) is 13.4. The molecular weight excluding hydrogens is 396 g/mol. The van der Waals surface area contributed by atoms with Crippen LogP contribution in [0, 0.1) is 6.92 Å². The van der Waals surface area contributed by atoms with Crippen molar-refractivity contribution in [1.82, 2.24) is 4.57 Å². The summed E-state index contributed by atoms with van der Waals surface area (Å²) < 4.78 is 33.3. The van der Waals surface area contributed by atoms with E-state index in [9.17, 15) is 13.2 Å². The van der Waals surface area contributed by atoms with Gasteiger partial charge in [0.05, 0.1) is 16.7 Å². The molecule has 0 saturated heterocycles. The van der Waals surface area contributed by atoms with Gasteiger partial charge in [-0.1, -0.05) is 42.0 Å². The average molecular weight is 419 g/mol. The zero-order valence-electron chi connectivity index (χ0n) is 16.0. The van der Waals surface area contributed by atoms with Crippen LogP contribution in [0.2, 0.25) is 0 Å². The van der Waals surface area contributed by atoms with Crippen molar-refractivity contribution in [3.05, 3.63) is 52.8 Å². The van der Waals surface area contributed by atoms with Crippen LogP contribution in [-0.2, 0) is 21.2 Å². The van der Waals surface area contributed by atoms with Gasteiger partial charge in [-0.2, -0.15) is 4.99 Å². The van der Waals surface area contributed by atoms with E-state index in [0.29, 0.717) is 17.1 Å². The molecule has 0 spiro atoms. The van der Waals surface area contributed by atoms with Crippen LogP contribution in [0.1, 0.15) is 18.9 Å². The van der Waals surface area contributed by atoms with E-state index in [1.807, 2.05) is 36.6 Å². The van der Waals surface area contributed by atoms with Crippen LogP contribution in [0.3, 0.4) is 0 Å². The molecule has 0 unspecified atom stereocenters. The number of methoxy groups -OCH3 is 1. The fourth-order valence-electron chi connectivity index (χ4n) is 2.91. The molecule has 0 aliphatic heterocycles. The number of amides is 1. The smallest absolute Gasteiger partial charge is 0.263 e. The Hall–Kier alpha value is -2.45. The number of nitrogens with zero attached hydrogens (tertiary/aromatic N) is 2. The number of para-hydroxylation sites is 1. The highest BCUT2D eigenvalue weighted by atomic mass is 32.2. The molecule has 0 atom stereocenters. The number of aryl methyl sites for hydroxylation is 2. The molecule has 0 aliphatic carbocycles. The number of thiazole rings is 1. The molecule has 3 aromatic rings. The van der Waals surface area contributed by atoms with E-state index >= 15 is 0 Å². The molecule has 1 aromatic heterocycles. The Kier molecular flexibility index (Phi) is 6.00. The van der Waals surface area contributed by atoms with E-state index in [4.69, 9.17) is 4.74 Å². The van der Waals surface area contributed by atoms with Gasteiger partial charge in [-0.05, 0) is 37.6 Å². The van der Waals surface area contributed by atoms with Gasteiger partial charge in [0.15, 0.2) is 14.6 Å². The summed E-state index contributed by atoms with van der Waals surface area (Å²) in [6.07, 6.45) is 0.840. The van der Waals surface area contributed by atoms with Gasteiger partial charge in [-0.3, -0.25) is 4.79 Å². The van der Waals surface area contributed by atoms with Crippen LogP contribution < -0.4 is 9.54 Å². The Morgan fingerprint density at radius 3 is 2.54 bits per heavy atom. The van der Waals surface area contributed by atoms with E-state index in [-0.39, 0.29) is 4.90 Å². The quantitative estimate of drug-likeness (QED) is 0.615. The lowest BCUT2D eigenvalue weighted by Crippen LogP contribution is -2.21. The molecule has 1 amide bonds. The van der Waals surface area contributed by atoms with Gasteiger partial charge in [0.2, 0.25) is 0 Å². The van der Waals surface area contributed by atoms with Crippen molar-refractivity contribution >= 4 is 37.3 Å². The first-order valence-electron chi connectivity index (χ1n) is 8.89. The number of ether oxygens (including phenoxy) is 1. The molecule has 0 aliphatic rings. The first kappa shape index (κ1) is 20.3. The summed E-state index contributed by atoms with van der Waals surface area (Å²) in [6, 6.07) is 12.1. The minimum atomic E-state index is -3.74. The van der Waals surface area contributed by atoms with Crippen molar-refractivity contribution in [2.24, 2.45) is 4.99 Å². The number of aromatic nitrogens is 1. The Bertz CT molecular complexity index is 1170. The molecule has 0 N–H and O–H groups in total. The monoisotopic (exact) mass is 418 g/mol. The van der Waals surface area contributed by atoms with E-state index in [0.717, 1.165) is 22.2 Å². The second-order valence-electron chi connectivity index (χ2n) is 6.42. The lowest BCUT2D eigenvalue weighted by molar-refractivity contribution is -0.115. The van der Waals surface area contributed by atoms with Crippen LogP contribution in [0.5, 0.6) is 5.75 Å². The summed E-state index contributed by atoms with van der Waals surface area (Å²) in [5, 5.41) is 0. The third-order valence-electron chi connectivity index (χ3n) is 4.25. The van der Waals surface area contributed by atoms with Gasteiger partial charge < -0.3 is 9.30 Å². The maximum absolute atomic E-state index is 12.5. The third-order valence-corrected chi connectivity index (χ3v) is 6.91. The Morgan fingerprint density at radius 2 is 1.89 bits per heavy atom. The number of fused-ring (bicyclic) bond motifs is 1. The lowest BCUT2D eigenvalue weighted by atomic mass is 10.2. The highest BCUT2D eigenvalue weighted by molar-refractivity contribution is 7.92. The zero-order chi connectivity index (χ0) is 20.3. The van der Waals surface area contributed by atoms with Gasteiger partial charge in [0.1, 0.15) is 17.0 Å². The number of rotatable bonds is 6. The molecule has 0 bridgehead atoms. The fraction of sp³-hybridized carbons (Fsp3) is 0.300. The predicted octanol–water partition coefficient (Wildman–Crippen LogP) is 3.33. The maximum atomic E-state index is 12.5. The van der Waals surface area contributed by atoms with Gasteiger partial charge in [0.25, 0.3) is 5.91 Å². The van der Waals surface area contributed by atoms with E-state index < -0.39 is 21.5 Å². The second-order valence-corrected chi connectivity index (χ2v) is 9.42. The van der Waals surface area contributed by atoms with Crippen molar-refractivity contribution in [3.63, 3.8) is 0 Å². The summed E-state index contributed by atoms with van der Waals surface area (Å²) in [5.74, 6) is -0.646. The van der Waals surface area contributed by atoms with Gasteiger partial charge in [-0.25, -0.2) is 8.42 Å². The number of benzene rings is 2. The third kappa shape index (κ3) is 4.18. The summed E-state index contributed by atoms with van der Waals surface area (Å²) in [6.45, 7) is 4.55. The fourth-order valence-corrected chi connectivity index (χ4v) is 5.11. The zero-order valence-corrected chi connectivity index (χ0v) is 17.6. The molecule has 0 saturated carbocycles. The molecule has 28 heavy (non-hydrogen) atoms. The number of sulfone groups is 1. The van der Waals surface area contributed by atoms with Crippen molar-refractivity contribution in [2.75, 3.05) is 12.9 Å². The molecular formula is C20H22N2O4S2. The van der Waals surface area contributed by atoms with Crippen LogP contribution >= 0.6 is 11.3 Å². The van der Waals surface area contributed by atoms with Crippen molar-refractivity contribution in [1.29, 1.82) is 0 Å². The SMILES string of the molecule is CCCn1c(=NC(=O)CS(=O)(=O)c2ccc(C)cc2)sc2cccc(OC)c21. The minimum absolute atomic E-state index is 0.126. The van der Waals surface area contributed by atoms with Crippen molar-refractivity contribution in [3.8, 4) is 5.75 Å². The summed E-state index contributed by atoms with van der Waals surface area (Å²) in [5.41, 5.74) is 1.82. The number of hydrogen-bond acceptors (Lipinski definition) is 5. The van der Waals surface area contributed by atoms with Crippen molar-refractivity contribution in [2.45, 2.75) is 31.7 Å². The molecule has 1 heterocycles. The largest absolute Gasteiger partial charge is 0.495 e. The van der Waals surface area contributed by atoms with Gasteiger partial charge in [0, 0.05) is 6.54 Å². The standard InChI is InChI=1S/C20H22N2O4S2/c1-4-12-22-19-16(26-3)6-5-7-17(19)27-20(22)21-18(23)13-28(24,25)15-10-8-14(2)9-11-15/h5-11H,4,12-13H2,1-3H3. The van der Waals surface area contributed by atoms with Gasteiger partial charge >= 0.3 is 0 Å². The highest BCUT2D eigenvalue weighted by Crippen LogP contribution is 2.27. The van der Waals surface area contributed by atoms with E-state index in [1.165, 1.54) is 23.5 Å². The van der Waals surface area contributed by atoms with E-state index in [2.05, 4.69) is 4.99 Å². The Morgan fingerprint density at radius 1 is 1.18 bits per heavy atom. The summed E-state index contributed by atoms with van der Waals surface area (Å²) >= 11 is 1.35. The molecule has 0 radical (unpaired) electrons. The normalized spacial score (nSPS) is 12.5. The summed E-state index contributed by atoms with van der Waals surface area (Å²) in [7, 11) is -2.14. The summed E-state index contributed by atoms with van der Waals surface area (Å²) in [4.78, 5) is 17.2.